The zero-order valence-electron chi connectivity index (χ0n) is 18.9. The monoisotopic (exact) mass is 523 g/mol. The average Bonchev–Trinajstić information content (AvgIpc) is 3.31. The van der Waals surface area contributed by atoms with Crippen LogP contribution < -0.4 is 0 Å². The summed E-state index contributed by atoms with van der Waals surface area (Å²) in [7, 11) is 1.31. The molecule has 0 saturated heterocycles. The van der Waals surface area contributed by atoms with E-state index >= 15 is 0 Å². The molecule has 3 N–H and O–H groups in total. The van der Waals surface area contributed by atoms with Crippen LogP contribution in [-0.2, 0) is 21.6 Å². The first-order valence-electron chi connectivity index (χ1n) is 9.75. The molecule has 3 aromatic rings. The normalized spacial score (nSPS) is 12.2. The third-order valence-electron chi connectivity index (χ3n) is 4.51. The molecule has 0 saturated carbocycles. The second-order valence-corrected chi connectivity index (χ2v) is 8.40. The predicted octanol–water partition coefficient (Wildman–Crippen LogP) is 3.87. The van der Waals surface area contributed by atoms with Gasteiger partial charge in [-0.25, -0.2) is 9.07 Å². The van der Waals surface area contributed by atoms with Crippen LogP contribution in [-0.4, -0.2) is 49.4 Å². The number of alkyl halides is 3. The van der Waals surface area contributed by atoms with E-state index in [1.54, 1.807) is 0 Å². The number of aliphatic hydroxyl groups is 3. The van der Waals surface area contributed by atoms with Crippen LogP contribution >= 0.6 is 11.6 Å². The number of aromatic nitrogens is 3. The number of ether oxygens (including phenoxy) is 1. The standard InChI is InChI=1S/C19H18ClF4N3O4.C2H4O2/c1-9-14(13-11(20)5-4-6-12(13)21)26-31-15(9)10-7-25-27(16(10)19(22,23)24)18(29,30)8-17(2,3)28;1-4-2-3/h4-7,28-30H,8H2,1-3H3;2H,1H3. The molecule has 0 amide bonds. The van der Waals surface area contributed by atoms with Crippen molar-refractivity contribution < 1.29 is 46.9 Å². The van der Waals surface area contributed by atoms with Crippen molar-refractivity contribution in [2.24, 2.45) is 0 Å². The predicted molar refractivity (Wildman–Crippen MR) is 114 cm³/mol. The molecule has 0 fully saturated rings. The van der Waals surface area contributed by atoms with E-state index in [0.29, 0.717) is 12.7 Å². The maximum atomic E-state index is 14.3. The van der Waals surface area contributed by atoms with Gasteiger partial charge in [0.25, 0.3) is 12.4 Å². The summed E-state index contributed by atoms with van der Waals surface area (Å²) in [6.45, 7) is 4.11. The minimum Gasteiger partial charge on any atom is -0.471 e. The molecule has 0 aliphatic carbocycles. The molecule has 1 aromatic carbocycles. The van der Waals surface area contributed by atoms with Crippen LogP contribution in [0.25, 0.3) is 22.6 Å². The number of benzene rings is 1. The molecule has 0 spiro atoms. The van der Waals surface area contributed by atoms with Crippen LogP contribution in [0.3, 0.4) is 0 Å². The highest BCUT2D eigenvalue weighted by atomic mass is 35.5. The molecule has 0 radical (unpaired) electrons. The SMILES string of the molecule is COC=O.Cc1c(-c2c(F)cccc2Cl)noc1-c1cnn(C(O)(O)CC(C)(C)O)c1C(F)(F)F. The number of carbonyl (C=O) groups excluding carboxylic acids is 1. The molecular formula is C21H22ClF4N3O6. The van der Waals surface area contributed by atoms with E-state index in [-0.39, 0.29) is 26.5 Å². The molecule has 2 aromatic heterocycles. The Balaban J connectivity index is 0.00000100. The summed E-state index contributed by atoms with van der Waals surface area (Å²) in [6.07, 6.45) is -5.26. The Morgan fingerprint density at radius 3 is 2.31 bits per heavy atom. The number of rotatable bonds is 6. The first kappa shape index (κ1) is 28.2. The molecule has 14 heteroatoms. The Hall–Kier alpha value is -3.00. The van der Waals surface area contributed by atoms with Crippen molar-refractivity contribution >= 4 is 18.1 Å². The lowest BCUT2D eigenvalue weighted by molar-refractivity contribution is -0.270. The van der Waals surface area contributed by atoms with Gasteiger partial charge in [0, 0.05) is 5.56 Å². The Morgan fingerprint density at radius 2 is 1.83 bits per heavy atom. The molecule has 2 heterocycles. The third-order valence-corrected chi connectivity index (χ3v) is 4.83. The topological polar surface area (TPSA) is 131 Å². The van der Waals surface area contributed by atoms with Crippen molar-refractivity contribution in [2.75, 3.05) is 7.11 Å². The second-order valence-electron chi connectivity index (χ2n) is 7.99. The minimum absolute atomic E-state index is 0.0235. The van der Waals surface area contributed by atoms with Crippen LogP contribution in [0.4, 0.5) is 17.6 Å². The molecule has 0 unspecified atom stereocenters. The summed E-state index contributed by atoms with van der Waals surface area (Å²) >= 11 is 6.01. The largest absolute Gasteiger partial charge is 0.471 e. The van der Waals surface area contributed by atoms with Gasteiger partial charge in [-0.3, -0.25) is 4.79 Å². The van der Waals surface area contributed by atoms with Crippen LogP contribution in [0, 0.1) is 12.7 Å². The van der Waals surface area contributed by atoms with Gasteiger partial charge in [-0.05, 0) is 32.9 Å². The molecule has 0 aliphatic heterocycles. The summed E-state index contributed by atoms with van der Waals surface area (Å²) in [4.78, 5) is 8.95. The Kier molecular flexibility index (Phi) is 8.32. The summed E-state index contributed by atoms with van der Waals surface area (Å²) in [5, 5.41) is 37.4. The quantitative estimate of drug-likeness (QED) is 0.252. The first-order chi connectivity index (χ1) is 16.0. The van der Waals surface area contributed by atoms with Crippen molar-refractivity contribution in [1.29, 1.82) is 0 Å². The molecule has 0 aliphatic rings. The molecular weight excluding hydrogens is 502 g/mol. The highest BCUT2D eigenvalue weighted by Crippen LogP contribution is 2.43. The number of halogens is 5. The number of carbonyl (C=O) groups is 1. The summed E-state index contributed by atoms with van der Waals surface area (Å²) in [5.74, 6) is -4.34. The third kappa shape index (κ3) is 6.36. The van der Waals surface area contributed by atoms with Gasteiger partial charge >= 0.3 is 6.18 Å². The van der Waals surface area contributed by atoms with E-state index in [9.17, 15) is 32.9 Å². The van der Waals surface area contributed by atoms with E-state index < -0.39 is 46.9 Å². The van der Waals surface area contributed by atoms with Crippen LogP contribution in [0.5, 0.6) is 0 Å². The van der Waals surface area contributed by atoms with E-state index in [0.717, 1.165) is 6.07 Å². The van der Waals surface area contributed by atoms with Gasteiger partial charge < -0.3 is 24.6 Å². The number of hydrogen-bond acceptors (Lipinski definition) is 8. The lowest BCUT2D eigenvalue weighted by Gasteiger charge is -2.30. The minimum atomic E-state index is -5.10. The van der Waals surface area contributed by atoms with E-state index in [4.69, 9.17) is 20.9 Å². The lowest BCUT2D eigenvalue weighted by atomic mass is 10.0. The summed E-state index contributed by atoms with van der Waals surface area (Å²) in [6, 6.07) is 3.85. The second kappa shape index (κ2) is 10.3. The fourth-order valence-corrected chi connectivity index (χ4v) is 3.51. The molecule has 9 nitrogen and oxygen atoms in total. The van der Waals surface area contributed by atoms with Gasteiger partial charge in [-0.2, -0.15) is 18.3 Å². The Labute approximate surface area is 201 Å². The van der Waals surface area contributed by atoms with E-state index in [1.807, 2.05) is 0 Å². The van der Waals surface area contributed by atoms with E-state index in [1.165, 1.54) is 40.0 Å². The van der Waals surface area contributed by atoms with E-state index in [2.05, 4.69) is 15.0 Å². The summed E-state index contributed by atoms with van der Waals surface area (Å²) in [5.41, 5.74) is -4.17. The zero-order valence-corrected chi connectivity index (χ0v) is 19.6. The van der Waals surface area contributed by atoms with Crippen molar-refractivity contribution in [3.63, 3.8) is 0 Å². The lowest BCUT2D eigenvalue weighted by Crippen LogP contribution is -2.43. The highest BCUT2D eigenvalue weighted by molar-refractivity contribution is 6.33. The fourth-order valence-electron chi connectivity index (χ4n) is 3.26. The molecule has 0 bridgehead atoms. The average molecular weight is 524 g/mol. The van der Waals surface area contributed by atoms with Crippen LogP contribution in [0.2, 0.25) is 5.02 Å². The highest BCUT2D eigenvalue weighted by Gasteiger charge is 2.46. The molecule has 35 heavy (non-hydrogen) atoms. The van der Waals surface area contributed by atoms with Crippen molar-refractivity contribution in [2.45, 2.75) is 44.9 Å². The van der Waals surface area contributed by atoms with Gasteiger partial charge in [0.1, 0.15) is 11.5 Å². The molecule has 0 atom stereocenters. The van der Waals surface area contributed by atoms with Gasteiger partial charge in [-0.1, -0.05) is 22.8 Å². The van der Waals surface area contributed by atoms with Crippen LogP contribution in [0.1, 0.15) is 31.5 Å². The van der Waals surface area contributed by atoms with Gasteiger partial charge in [0.15, 0.2) is 11.5 Å². The van der Waals surface area contributed by atoms with Crippen LogP contribution in [0.15, 0.2) is 28.9 Å². The Morgan fingerprint density at radius 1 is 1.23 bits per heavy atom. The zero-order chi connectivity index (χ0) is 26.8. The maximum Gasteiger partial charge on any atom is 0.433 e. The maximum absolute atomic E-state index is 14.3. The van der Waals surface area contributed by atoms with Crippen molar-refractivity contribution in [1.82, 2.24) is 14.9 Å². The molecule has 3 rings (SSSR count). The van der Waals surface area contributed by atoms with Gasteiger partial charge in [-0.15, -0.1) is 0 Å². The smallest absolute Gasteiger partial charge is 0.433 e. The number of nitrogens with zero attached hydrogens (tertiary/aromatic N) is 3. The first-order valence-corrected chi connectivity index (χ1v) is 10.1. The van der Waals surface area contributed by atoms with Crippen molar-refractivity contribution in [3.8, 4) is 22.6 Å². The Bertz CT molecular complexity index is 1160. The van der Waals surface area contributed by atoms with Crippen molar-refractivity contribution in [3.05, 3.63) is 46.5 Å². The van der Waals surface area contributed by atoms with Gasteiger partial charge in [0.2, 0.25) is 0 Å². The summed E-state index contributed by atoms with van der Waals surface area (Å²) < 4.78 is 64.8. The molecule has 192 valence electrons. The van der Waals surface area contributed by atoms with Gasteiger partial charge in [0.05, 0.1) is 41.5 Å². The number of methoxy groups -OCH3 is 1. The number of hydrogen-bond donors (Lipinski definition) is 3. The fraction of sp³-hybridized carbons (Fsp3) is 0.381.